The average Bonchev–Trinajstić information content (AvgIpc) is 2.53. The monoisotopic (exact) mass is 306 g/mol. The number of thioether (sulfide) groups is 1. The van der Waals surface area contributed by atoms with Crippen LogP contribution in [0.5, 0.6) is 0 Å². The van der Waals surface area contributed by atoms with Crippen LogP contribution in [0.1, 0.15) is 84.0 Å². The molecule has 21 heavy (non-hydrogen) atoms. The molecule has 120 valence electrons. The summed E-state index contributed by atoms with van der Waals surface area (Å²) in [7, 11) is 0. The molecule has 0 atom stereocenters. The number of rotatable bonds is 14. The number of benzene rings is 1. The van der Waals surface area contributed by atoms with Gasteiger partial charge in [0.05, 0.1) is 0 Å². The molecule has 1 rings (SSSR count). The van der Waals surface area contributed by atoms with Crippen molar-refractivity contribution in [3.8, 4) is 0 Å². The Morgan fingerprint density at radius 1 is 0.619 bits per heavy atom. The lowest BCUT2D eigenvalue weighted by atomic mass is 10.1. The predicted octanol–water partition coefficient (Wildman–Crippen LogP) is 7.48. The van der Waals surface area contributed by atoms with E-state index >= 15 is 0 Å². The summed E-state index contributed by atoms with van der Waals surface area (Å²) in [5.74, 6) is 1.28. The molecule has 0 saturated heterocycles. The Hall–Kier alpha value is -0.430. The molecule has 1 aromatic rings. The largest absolute Gasteiger partial charge is 0.126 e. The van der Waals surface area contributed by atoms with Gasteiger partial charge in [0.2, 0.25) is 0 Å². The van der Waals surface area contributed by atoms with E-state index < -0.39 is 0 Å². The first kappa shape index (κ1) is 18.6. The van der Waals surface area contributed by atoms with E-state index in [4.69, 9.17) is 0 Å². The SMILES string of the molecule is CCCCCCCCCCCCCCSc1ccccc1. The van der Waals surface area contributed by atoms with Gasteiger partial charge in [0.15, 0.2) is 0 Å². The second-order valence-corrected chi connectivity index (χ2v) is 7.22. The minimum absolute atomic E-state index is 1.28. The Morgan fingerprint density at radius 3 is 1.62 bits per heavy atom. The van der Waals surface area contributed by atoms with E-state index in [1.54, 1.807) is 0 Å². The van der Waals surface area contributed by atoms with Crippen LogP contribution >= 0.6 is 11.8 Å². The minimum atomic E-state index is 1.28. The lowest BCUT2D eigenvalue weighted by molar-refractivity contribution is 0.548. The molecule has 0 saturated carbocycles. The van der Waals surface area contributed by atoms with Crippen molar-refractivity contribution in [2.24, 2.45) is 0 Å². The number of hydrogen-bond donors (Lipinski definition) is 0. The van der Waals surface area contributed by atoms with Crippen molar-refractivity contribution < 1.29 is 0 Å². The third-order valence-corrected chi connectivity index (χ3v) is 5.11. The first-order chi connectivity index (χ1) is 10.4. The molecule has 0 amide bonds. The van der Waals surface area contributed by atoms with Crippen molar-refractivity contribution in [3.05, 3.63) is 30.3 Å². The minimum Gasteiger partial charge on any atom is -0.126 e. The molecule has 0 aliphatic heterocycles. The normalized spacial score (nSPS) is 10.9. The highest BCUT2D eigenvalue weighted by Gasteiger charge is 1.95. The van der Waals surface area contributed by atoms with Gasteiger partial charge in [0.1, 0.15) is 0 Å². The summed E-state index contributed by atoms with van der Waals surface area (Å²) < 4.78 is 0. The van der Waals surface area contributed by atoms with Crippen molar-refractivity contribution in [1.29, 1.82) is 0 Å². The molecule has 0 unspecified atom stereocenters. The van der Waals surface area contributed by atoms with Gasteiger partial charge in [-0.2, -0.15) is 0 Å². The van der Waals surface area contributed by atoms with Gasteiger partial charge < -0.3 is 0 Å². The van der Waals surface area contributed by atoms with Gasteiger partial charge in [-0.15, -0.1) is 11.8 Å². The Bertz CT molecular complexity index is 307. The van der Waals surface area contributed by atoms with Gasteiger partial charge in [-0.3, -0.25) is 0 Å². The highest BCUT2D eigenvalue weighted by molar-refractivity contribution is 7.99. The summed E-state index contributed by atoms with van der Waals surface area (Å²) in [4.78, 5) is 1.42. The van der Waals surface area contributed by atoms with Crippen molar-refractivity contribution in [3.63, 3.8) is 0 Å². The van der Waals surface area contributed by atoms with E-state index in [-0.39, 0.29) is 0 Å². The highest BCUT2D eigenvalue weighted by Crippen LogP contribution is 2.19. The maximum Gasteiger partial charge on any atom is 0.00719 e. The van der Waals surface area contributed by atoms with Gasteiger partial charge in [0.25, 0.3) is 0 Å². The zero-order valence-electron chi connectivity index (χ0n) is 14.0. The topological polar surface area (TPSA) is 0 Å². The maximum atomic E-state index is 2.29. The molecule has 0 nitrogen and oxygen atoms in total. The molecule has 0 aliphatic rings. The van der Waals surface area contributed by atoms with Crippen molar-refractivity contribution in [2.75, 3.05) is 5.75 Å². The van der Waals surface area contributed by atoms with Crippen LogP contribution in [0.25, 0.3) is 0 Å². The summed E-state index contributed by atoms with van der Waals surface area (Å²) in [5.41, 5.74) is 0. The van der Waals surface area contributed by atoms with Crippen LogP contribution in [-0.2, 0) is 0 Å². The van der Waals surface area contributed by atoms with Crippen LogP contribution in [0.15, 0.2) is 35.2 Å². The maximum absolute atomic E-state index is 2.29. The van der Waals surface area contributed by atoms with Gasteiger partial charge in [-0.05, 0) is 24.3 Å². The lowest BCUT2D eigenvalue weighted by Gasteiger charge is -2.03. The number of hydrogen-bond acceptors (Lipinski definition) is 1. The lowest BCUT2D eigenvalue weighted by Crippen LogP contribution is -1.84. The van der Waals surface area contributed by atoms with E-state index in [2.05, 4.69) is 37.3 Å². The Labute approximate surface area is 137 Å². The highest BCUT2D eigenvalue weighted by atomic mass is 32.2. The van der Waals surface area contributed by atoms with Gasteiger partial charge >= 0.3 is 0 Å². The van der Waals surface area contributed by atoms with E-state index in [9.17, 15) is 0 Å². The molecule has 0 bridgehead atoms. The summed E-state index contributed by atoms with van der Waals surface area (Å²) in [5, 5.41) is 0. The quantitative estimate of drug-likeness (QED) is 0.253. The van der Waals surface area contributed by atoms with Gasteiger partial charge in [-0.25, -0.2) is 0 Å². The summed E-state index contributed by atoms with van der Waals surface area (Å²) in [6, 6.07) is 10.8. The molecule has 1 aromatic carbocycles. The van der Waals surface area contributed by atoms with Crippen molar-refractivity contribution in [2.45, 2.75) is 88.9 Å². The molecule has 0 fully saturated rings. The summed E-state index contributed by atoms with van der Waals surface area (Å²) in [6.45, 7) is 2.29. The number of unbranched alkanes of at least 4 members (excludes halogenated alkanes) is 11. The first-order valence-electron chi connectivity index (χ1n) is 9.11. The molecule has 0 aliphatic carbocycles. The molecule has 0 radical (unpaired) electrons. The third kappa shape index (κ3) is 11.9. The predicted molar refractivity (Wildman–Crippen MR) is 98.2 cm³/mol. The second kappa shape index (κ2) is 14.5. The Balaban J connectivity index is 1.75. The molecule has 0 aromatic heterocycles. The van der Waals surface area contributed by atoms with E-state index in [0.29, 0.717) is 0 Å². The van der Waals surface area contributed by atoms with Crippen LogP contribution in [0.4, 0.5) is 0 Å². The molecule has 1 heteroatoms. The van der Waals surface area contributed by atoms with Crippen LogP contribution < -0.4 is 0 Å². The van der Waals surface area contributed by atoms with Crippen molar-refractivity contribution >= 4 is 11.8 Å². The standard InChI is InChI=1S/C20H34S/c1-2-3-4-5-6-7-8-9-10-11-12-16-19-21-20-17-14-13-15-18-20/h13-15,17-18H,2-12,16,19H2,1H3. The van der Waals surface area contributed by atoms with Crippen molar-refractivity contribution in [1.82, 2.24) is 0 Å². The van der Waals surface area contributed by atoms with Crippen LogP contribution in [0.2, 0.25) is 0 Å². The third-order valence-electron chi connectivity index (χ3n) is 4.01. The second-order valence-electron chi connectivity index (χ2n) is 6.05. The van der Waals surface area contributed by atoms with Crippen LogP contribution in [0, 0.1) is 0 Å². The molecular formula is C20H34S. The van der Waals surface area contributed by atoms with Gasteiger partial charge in [0, 0.05) is 4.90 Å². The molecule has 0 N–H and O–H groups in total. The van der Waals surface area contributed by atoms with Crippen LogP contribution in [0.3, 0.4) is 0 Å². The Kier molecular flexibility index (Phi) is 12.9. The fourth-order valence-corrected chi connectivity index (χ4v) is 3.58. The molecule has 0 spiro atoms. The smallest absolute Gasteiger partial charge is 0.00719 e. The average molecular weight is 307 g/mol. The molecule has 0 heterocycles. The molecular weight excluding hydrogens is 272 g/mol. The van der Waals surface area contributed by atoms with E-state index in [0.717, 1.165) is 0 Å². The van der Waals surface area contributed by atoms with E-state index in [1.807, 2.05) is 11.8 Å². The van der Waals surface area contributed by atoms with E-state index in [1.165, 1.54) is 87.7 Å². The summed E-state index contributed by atoms with van der Waals surface area (Å²) in [6.07, 6.45) is 17.2. The zero-order valence-corrected chi connectivity index (χ0v) is 14.8. The fraction of sp³-hybridized carbons (Fsp3) is 0.700. The summed E-state index contributed by atoms with van der Waals surface area (Å²) >= 11 is 2.00. The van der Waals surface area contributed by atoms with Gasteiger partial charge in [-0.1, -0.05) is 95.8 Å². The fourth-order valence-electron chi connectivity index (χ4n) is 2.65. The first-order valence-corrected chi connectivity index (χ1v) is 10.1. The van der Waals surface area contributed by atoms with Crippen LogP contribution in [-0.4, -0.2) is 5.75 Å². The Morgan fingerprint density at radius 2 is 1.10 bits per heavy atom. The zero-order chi connectivity index (χ0) is 15.0.